The number of alkyl halides is 3. The molecule has 1 atom stereocenters. The van der Waals surface area contributed by atoms with Gasteiger partial charge in [0.1, 0.15) is 0 Å². The second-order valence-corrected chi connectivity index (χ2v) is 7.94. The molecule has 1 heterocycles. The first kappa shape index (κ1) is 20.9. The fraction of sp³-hybridized carbons (Fsp3) is 0.333. The number of hydrogen-bond donors (Lipinski definition) is 2. The van der Waals surface area contributed by atoms with Crippen molar-refractivity contribution in [3.8, 4) is 17.9 Å². The van der Waals surface area contributed by atoms with Gasteiger partial charge in [0.05, 0.1) is 17.2 Å². The van der Waals surface area contributed by atoms with Crippen molar-refractivity contribution in [1.82, 2.24) is 0 Å². The number of benzene rings is 1. The van der Waals surface area contributed by atoms with E-state index in [2.05, 4.69) is 17.2 Å². The van der Waals surface area contributed by atoms with Gasteiger partial charge in [-0.1, -0.05) is 12.0 Å². The Morgan fingerprint density at radius 3 is 2.59 bits per heavy atom. The lowest BCUT2D eigenvalue weighted by Gasteiger charge is -2.26. The van der Waals surface area contributed by atoms with E-state index in [9.17, 15) is 23.1 Å². The monoisotopic (exact) mass is 418 g/mol. The van der Waals surface area contributed by atoms with Gasteiger partial charge in [0.15, 0.2) is 0 Å². The molecule has 2 N–H and O–H groups in total. The summed E-state index contributed by atoms with van der Waals surface area (Å²) in [6, 6.07) is 8.17. The summed E-state index contributed by atoms with van der Waals surface area (Å²) in [6.45, 7) is 1.48. The molecule has 1 aliphatic rings. The molecule has 0 bridgehead atoms. The van der Waals surface area contributed by atoms with Crippen LogP contribution in [0.1, 0.15) is 42.2 Å². The first-order valence-electron chi connectivity index (χ1n) is 8.77. The molecular formula is C21H17F3N2O2S. The normalized spacial score (nSPS) is 16.7. The molecule has 1 unspecified atom stereocenters. The van der Waals surface area contributed by atoms with Crippen molar-refractivity contribution < 1.29 is 23.1 Å². The Morgan fingerprint density at radius 2 is 2.07 bits per heavy atom. The highest BCUT2D eigenvalue weighted by molar-refractivity contribution is 7.10. The van der Waals surface area contributed by atoms with Crippen molar-refractivity contribution >= 4 is 22.9 Å². The zero-order valence-electron chi connectivity index (χ0n) is 15.4. The van der Waals surface area contributed by atoms with Gasteiger partial charge in [-0.05, 0) is 49.4 Å². The molecule has 0 radical (unpaired) electrons. The lowest BCUT2D eigenvalue weighted by Crippen LogP contribution is -2.44. The van der Waals surface area contributed by atoms with Gasteiger partial charge < -0.3 is 10.4 Å². The minimum Gasteiger partial charge on any atom is -0.369 e. The number of anilines is 1. The first-order chi connectivity index (χ1) is 13.6. The maximum Gasteiger partial charge on any atom is 0.417 e. The molecule has 4 nitrogen and oxygen atoms in total. The topological polar surface area (TPSA) is 73.1 Å². The maximum atomic E-state index is 13.2. The Hall–Kier alpha value is -2.81. The minimum absolute atomic E-state index is 0.0512. The van der Waals surface area contributed by atoms with Gasteiger partial charge in [-0.25, -0.2) is 0 Å². The van der Waals surface area contributed by atoms with E-state index in [0.29, 0.717) is 6.07 Å². The zero-order chi connectivity index (χ0) is 21.3. The van der Waals surface area contributed by atoms with Gasteiger partial charge in [0.25, 0.3) is 5.91 Å². The number of rotatable bonds is 5. The van der Waals surface area contributed by atoms with Gasteiger partial charge in [-0.3, -0.25) is 4.79 Å². The smallest absolute Gasteiger partial charge is 0.369 e. The predicted molar refractivity (Wildman–Crippen MR) is 103 cm³/mol. The fourth-order valence-electron chi connectivity index (χ4n) is 3.31. The summed E-state index contributed by atoms with van der Waals surface area (Å²) in [7, 11) is 0. The molecule has 1 amide bonds. The Balaban J connectivity index is 1.87. The van der Waals surface area contributed by atoms with E-state index in [0.717, 1.165) is 23.8 Å². The fourth-order valence-corrected chi connectivity index (χ4v) is 4.29. The molecule has 2 aromatic rings. The van der Waals surface area contributed by atoms with Crippen LogP contribution in [0.2, 0.25) is 0 Å². The molecule has 1 aliphatic carbocycles. The van der Waals surface area contributed by atoms with Crippen LogP contribution in [0.4, 0.5) is 18.9 Å². The van der Waals surface area contributed by atoms with Crippen LogP contribution in [-0.2, 0) is 16.4 Å². The van der Waals surface area contributed by atoms with E-state index in [-0.39, 0.29) is 17.5 Å². The second kappa shape index (κ2) is 7.55. The maximum absolute atomic E-state index is 13.2. The summed E-state index contributed by atoms with van der Waals surface area (Å²) in [5, 5.41) is 24.1. The Labute approximate surface area is 170 Å². The number of thiophene rings is 1. The quantitative estimate of drug-likeness (QED) is 0.705. The molecule has 8 heteroatoms. The average Bonchev–Trinajstić information content (AvgIpc) is 3.20. The molecule has 1 saturated carbocycles. The Morgan fingerprint density at radius 1 is 1.34 bits per heavy atom. The second-order valence-electron chi connectivity index (χ2n) is 6.99. The number of hydrogen-bond acceptors (Lipinski definition) is 4. The van der Waals surface area contributed by atoms with E-state index >= 15 is 0 Å². The summed E-state index contributed by atoms with van der Waals surface area (Å²) in [6.07, 6.45) is -3.11. The highest BCUT2D eigenvalue weighted by Crippen LogP contribution is 2.54. The number of nitrogens with one attached hydrogen (secondary N) is 1. The number of nitrogens with zero attached hydrogens (tertiary/aromatic N) is 1. The third-order valence-corrected chi connectivity index (χ3v) is 6.02. The number of aliphatic hydroxyl groups is 1. The van der Waals surface area contributed by atoms with Crippen LogP contribution in [0.5, 0.6) is 0 Å². The van der Waals surface area contributed by atoms with Crippen LogP contribution in [0, 0.1) is 23.2 Å². The van der Waals surface area contributed by atoms with Crippen LogP contribution in [0.25, 0.3) is 0 Å². The number of halogens is 3. The van der Waals surface area contributed by atoms with Crippen molar-refractivity contribution in [3.63, 3.8) is 0 Å². The molecule has 0 aliphatic heterocycles. The standard InChI is InChI=1S/C21H17F3N2O2S/c1-2-7-20(28,13-19(8-9-19)17-4-3-10-29-17)18(27)26-15-6-5-14(12-25)16(11-15)21(22,23)24/h3-6,10-11,28H,8-9,13H2,1H3,(H,26,27). The highest BCUT2D eigenvalue weighted by Gasteiger charge is 2.52. The molecule has 1 fully saturated rings. The summed E-state index contributed by atoms with van der Waals surface area (Å²) in [4.78, 5) is 13.8. The zero-order valence-corrected chi connectivity index (χ0v) is 16.2. The number of carbonyl (C=O) groups is 1. The predicted octanol–water partition coefficient (Wildman–Crippen LogP) is 4.45. The van der Waals surface area contributed by atoms with Crippen LogP contribution >= 0.6 is 11.3 Å². The van der Waals surface area contributed by atoms with E-state index in [1.165, 1.54) is 30.4 Å². The van der Waals surface area contributed by atoms with Crippen molar-refractivity contribution in [2.75, 3.05) is 5.32 Å². The van der Waals surface area contributed by atoms with Crippen molar-refractivity contribution in [1.29, 1.82) is 5.26 Å². The molecule has 29 heavy (non-hydrogen) atoms. The highest BCUT2D eigenvalue weighted by atomic mass is 32.1. The molecule has 3 rings (SSSR count). The van der Waals surface area contributed by atoms with E-state index in [1.54, 1.807) is 0 Å². The largest absolute Gasteiger partial charge is 0.417 e. The Kier molecular flexibility index (Phi) is 5.44. The van der Waals surface area contributed by atoms with Crippen molar-refractivity contribution in [3.05, 3.63) is 51.7 Å². The van der Waals surface area contributed by atoms with Gasteiger partial charge in [-0.15, -0.1) is 17.3 Å². The third kappa shape index (κ3) is 4.29. The van der Waals surface area contributed by atoms with E-state index < -0.39 is 28.8 Å². The molecule has 1 aromatic carbocycles. The lowest BCUT2D eigenvalue weighted by atomic mass is 9.86. The first-order valence-corrected chi connectivity index (χ1v) is 9.65. The van der Waals surface area contributed by atoms with Crippen LogP contribution < -0.4 is 5.32 Å². The summed E-state index contributed by atoms with van der Waals surface area (Å²) in [5.41, 5.74) is -4.28. The van der Waals surface area contributed by atoms with Crippen LogP contribution in [0.15, 0.2) is 35.7 Å². The van der Waals surface area contributed by atoms with Gasteiger partial charge >= 0.3 is 6.18 Å². The average molecular weight is 418 g/mol. The van der Waals surface area contributed by atoms with Crippen molar-refractivity contribution in [2.24, 2.45) is 0 Å². The third-order valence-electron chi connectivity index (χ3n) is 4.90. The van der Waals surface area contributed by atoms with Gasteiger partial charge in [0, 0.05) is 22.4 Å². The summed E-state index contributed by atoms with van der Waals surface area (Å²) >= 11 is 1.53. The van der Waals surface area contributed by atoms with Crippen LogP contribution in [0.3, 0.4) is 0 Å². The summed E-state index contributed by atoms with van der Waals surface area (Å²) in [5.74, 6) is 4.18. The number of nitriles is 1. The molecule has 1 aromatic heterocycles. The summed E-state index contributed by atoms with van der Waals surface area (Å²) < 4.78 is 39.5. The van der Waals surface area contributed by atoms with Crippen LogP contribution in [-0.4, -0.2) is 16.6 Å². The molecular weight excluding hydrogens is 401 g/mol. The Bertz CT molecular complexity index is 1020. The minimum atomic E-state index is -4.75. The SMILES string of the molecule is CC#CC(O)(CC1(c2cccs2)CC1)C(=O)Nc1ccc(C#N)c(C(F)(F)F)c1. The van der Waals surface area contributed by atoms with E-state index in [1.807, 2.05) is 17.5 Å². The van der Waals surface area contributed by atoms with E-state index in [4.69, 9.17) is 5.26 Å². The number of amides is 1. The molecule has 0 spiro atoms. The lowest BCUT2D eigenvalue weighted by molar-refractivity contribution is -0.137. The number of carbonyl (C=O) groups excluding carboxylic acids is 1. The van der Waals surface area contributed by atoms with Gasteiger partial charge in [0.2, 0.25) is 5.60 Å². The van der Waals surface area contributed by atoms with Crippen molar-refractivity contribution in [2.45, 2.75) is 43.4 Å². The van der Waals surface area contributed by atoms with Gasteiger partial charge in [-0.2, -0.15) is 18.4 Å². The molecule has 150 valence electrons. The molecule has 0 saturated heterocycles.